The molecule has 3 rings (SSSR count). The normalized spacial score (nSPS) is 15.3. The third kappa shape index (κ3) is 3.24. The number of hydrogen-bond donors (Lipinski definition) is 0. The Hall–Kier alpha value is -1.89. The number of aryl methyl sites for hydroxylation is 3. The van der Waals surface area contributed by atoms with E-state index in [1.807, 2.05) is 37.4 Å². The van der Waals surface area contributed by atoms with Crippen molar-refractivity contribution in [2.75, 3.05) is 31.1 Å². The van der Waals surface area contributed by atoms with Gasteiger partial charge in [-0.1, -0.05) is 0 Å². The van der Waals surface area contributed by atoms with Crippen molar-refractivity contribution >= 4 is 22.4 Å². The minimum Gasteiger partial charge on any atom is -0.345 e. The van der Waals surface area contributed by atoms with Crippen LogP contribution in [-0.4, -0.2) is 51.8 Å². The molecule has 23 heavy (non-hydrogen) atoms. The van der Waals surface area contributed by atoms with Crippen LogP contribution in [0.3, 0.4) is 0 Å². The third-order valence-electron chi connectivity index (χ3n) is 4.50. The molecule has 6 nitrogen and oxygen atoms in total. The van der Waals surface area contributed by atoms with E-state index in [9.17, 15) is 4.79 Å². The van der Waals surface area contributed by atoms with E-state index in [1.165, 1.54) is 0 Å². The first-order valence-corrected chi connectivity index (χ1v) is 8.77. The number of nitrogens with zero attached hydrogens (tertiary/aromatic N) is 5. The van der Waals surface area contributed by atoms with Gasteiger partial charge in [0.15, 0.2) is 5.13 Å². The second-order valence-corrected chi connectivity index (χ2v) is 6.93. The van der Waals surface area contributed by atoms with Crippen LogP contribution >= 0.6 is 11.3 Å². The van der Waals surface area contributed by atoms with Gasteiger partial charge in [0.1, 0.15) is 0 Å². The van der Waals surface area contributed by atoms with Crippen LogP contribution in [0.4, 0.5) is 5.13 Å². The Morgan fingerprint density at radius 1 is 1.22 bits per heavy atom. The Kier molecular flexibility index (Phi) is 4.39. The quantitative estimate of drug-likeness (QED) is 0.858. The molecule has 1 amide bonds. The monoisotopic (exact) mass is 333 g/mol. The SMILES string of the molecule is Cc1csc(N2CCN(C(=O)Cc3c(C)nn(C)c3C)CC2)n1. The molecule has 0 saturated carbocycles. The Morgan fingerprint density at radius 2 is 1.91 bits per heavy atom. The van der Waals surface area contributed by atoms with Gasteiger partial charge in [0.25, 0.3) is 0 Å². The fourth-order valence-corrected chi connectivity index (χ4v) is 3.83. The summed E-state index contributed by atoms with van der Waals surface area (Å²) in [5, 5.41) is 7.53. The molecule has 1 aliphatic heterocycles. The maximum Gasteiger partial charge on any atom is 0.227 e. The zero-order chi connectivity index (χ0) is 16.6. The number of aromatic nitrogens is 3. The number of anilines is 1. The fraction of sp³-hybridized carbons (Fsp3) is 0.562. The Balaban J connectivity index is 1.60. The average Bonchev–Trinajstić information content (AvgIpc) is 3.06. The van der Waals surface area contributed by atoms with E-state index >= 15 is 0 Å². The predicted molar refractivity (Wildman–Crippen MR) is 92.0 cm³/mol. The molecule has 0 unspecified atom stereocenters. The molecule has 1 aliphatic rings. The van der Waals surface area contributed by atoms with Gasteiger partial charge >= 0.3 is 0 Å². The van der Waals surface area contributed by atoms with Gasteiger partial charge in [-0.15, -0.1) is 11.3 Å². The molecule has 0 bridgehead atoms. The zero-order valence-electron chi connectivity index (χ0n) is 14.2. The van der Waals surface area contributed by atoms with Crippen molar-refractivity contribution in [3.05, 3.63) is 28.0 Å². The molecular formula is C16H23N5OS. The smallest absolute Gasteiger partial charge is 0.227 e. The molecule has 0 atom stereocenters. The predicted octanol–water partition coefficient (Wildman–Crippen LogP) is 1.69. The second kappa shape index (κ2) is 6.31. The summed E-state index contributed by atoms with van der Waals surface area (Å²) in [7, 11) is 1.92. The van der Waals surface area contributed by atoms with Crippen molar-refractivity contribution in [3.8, 4) is 0 Å². The minimum atomic E-state index is 0.194. The van der Waals surface area contributed by atoms with Crippen LogP contribution in [0.1, 0.15) is 22.6 Å². The van der Waals surface area contributed by atoms with E-state index in [4.69, 9.17) is 0 Å². The summed E-state index contributed by atoms with van der Waals surface area (Å²) < 4.78 is 1.85. The Labute approximate surface area is 140 Å². The van der Waals surface area contributed by atoms with Crippen molar-refractivity contribution < 1.29 is 4.79 Å². The van der Waals surface area contributed by atoms with E-state index in [0.29, 0.717) is 6.42 Å². The first kappa shape index (κ1) is 16.0. The lowest BCUT2D eigenvalue weighted by molar-refractivity contribution is -0.130. The van der Waals surface area contributed by atoms with E-state index in [2.05, 4.69) is 20.4 Å². The van der Waals surface area contributed by atoms with Crippen molar-refractivity contribution in [1.29, 1.82) is 0 Å². The molecule has 0 N–H and O–H groups in total. The van der Waals surface area contributed by atoms with Crippen LogP contribution in [0.15, 0.2) is 5.38 Å². The maximum absolute atomic E-state index is 12.6. The van der Waals surface area contributed by atoms with Gasteiger partial charge in [-0.3, -0.25) is 9.48 Å². The molecule has 0 spiro atoms. The molecule has 3 heterocycles. The fourth-order valence-electron chi connectivity index (χ4n) is 2.97. The highest BCUT2D eigenvalue weighted by atomic mass is 32.1. The highest BCUT2D eigenvalue weighted by molar-refractivity contribution is 7.13. The number of thiazole rings is 1. The molecule has 1 fully saturated rings. The Morgan fingerprint density at radius 3 is 2.43 bits per heavy atom. The van der Waals surface area contributed by atoms with Crippen LogP contribution in [-0.2, 0) is 18.3 Å². The molecule has 2 aromatic heterocycles. The van der Waals surface area contributed by atoms with Crippen molar-refractivity contribution in [2.45, 2.75) is 27.2 Å². The summed E-state index contributed by atoms with van der Waals surface area (Å²) in [6.07, 6.45) is 0.446. The van der Waals surface area contributed by atoms with E-state index < -0.39 is 0 Å². The number of piperazine rings is 1. The first-order chi connectivity index (χ1) is 11.0. The molecule has 2 aromatic rings. The molecular weight excluding hydrogens is 310 g/mol. The van der Waals surface area contributed by atoms with E-state index in [0.717, 1.165) is 54.0 Å². The van der Waals surface area contributed by atoms with E-state index in [1.54, 1.807) is 11.3 Å². The van der Waals surface area contributed by atoms with Gasteiger partial charge in [-0.2, -0.15) is 5.10 Å². The van der Waals surface area contributed by atoms with Gasteiger partial charge in [0.2, 0.25) is 5.91 Å². The standard InChI is InChI=1S/C16H23N5OS/c1-11-10-23-16(17-11)21-7-5-20(6-8-21)15(22)9-14-12(2)18-19(4)13(14)3/h10H,5-9H2,1-4H3. The summed E-state index contributed by atoms with van der Waals surface area (Å²) in [4.78, 5) is 21.3. The number of carbonyl (C=O) groups is 1. The summed E-state index contributed by atoms with van der Waals surface area (Å²) in [5.41, 5.74) is 4.16. The highest BCUT2D eigenvalue weighted by Crippen LogP contribution is 2.22. The molecule has 1 saturated heterocycles. The largest absolute Gasteiger partial charge is 0.345 e. The van der Waals surface area contributed by atoms with Crippen molar-refractivity contribution in [3.63, 3.8) is 0 Å². The molecule has 0 aliphatic carbocycles. The number of carbonyl (C=O) groups excluding carboxylic acids is 1. The number of hydrogen-bond acceptors (Lipinski definition) is 5. The van der Waals surface area contributed by atoms with Gasteiger partial charge in [-0.05, 0) is 20.8 Å². The maximum atomic E-state index is 12.6. The lowest BCUT2D eigenvalue weighted by atomic mass is 10.1. The van der Waals surface area contributed by atoms with Crippen LogP contribution in [0.5, 0.6) is 0 Å². The summed E-state index contributed by atoms with van der Waals surface area (Å²) in [6.45, 7) is 9.22. The summed E-state index contributed by atoms with van der Waals surface area (Å²) >= 11 is 1.68. The van der Waals surface area contributed by atoms with Gasteiger partial charge in [-0.25, -0.2) is 4.98 Å². The van der Waals surface area contributed by atoms with Crippen molar-refractivity contribution in [1.82, 2.24) is 19.7 Å². The number of rotatable bonds is 3. The van der Waals surface area contributed by atoms with Gasteiger partial charge in [0.05, 0.1) is 17.8 Å². The lowest BCUT2D eigenvalue weighted by Crippen LogP contribution is -2.49. The Bertz CT molecular complexity index is 712. The number of amides is 1. The molecule has 0 radical (unpaired) electrons. The zero-order valence-corrected chi connectivity index (χ0v) is 15.0. The summed E-state index contributed by atoms with van der Waals surface area (Å²) in [6, 6.07) is 0. The van der Waals surface area contributed by atoms with Crippen LogP contribution < -0.4 is 4.90 Å². The molecule has 7 heteroatoms. The van der Waals surface area contributed by atoms with E-state index in [-0.39, 0.29) is 5.91 Å². The average molecular weight is 333 g/mol. The van der Waals surface area contributed by atoms with Gasteiger partial charge in [0, 0.05) is 49.9 Å². The summed E-state index contributed by atoms with van der Waals surface area (Å²) in [5.74, 6) is 0.194. The van der Waals surface area contributed by atoms with Crippen molar-refractivity contribution in [2.24, 2.45) is 7.05 Å². The second-order valence-electron chi connectivity index (χ2n) is 6.09. The third-order valence-corrected chi connectivity index (χ3v) is 5.52. The lowest BCUT2D eigenvalue weighted by Gasteiger charge is -2.34. The van der Waals surface area contributed by atoms with Crippen LogP contribution in [0.25, 0.3) is 0 Å². The molecule has 124 valence electrons. The van der Waals surface area contributed by atoms with Crippen LogP contribution in [0.2, 0.25) is 0 Å². The van der Waals surface area contributed by atoms with Gasteiger partial charge < -0.3 is 9.80 Å². The molecule has 0 aromatic carbocycles. The van der Waals surface area contributed by atoms with Crippen LogP contribution in [0, 0.1) is 20.8 Å². The topological polar surface area (TPSA) is 54.3 Å². The minimum absolute atomic E-state index is 0.194. The first-order valence-electron chi connectivity index (χ1n) is 7.89. The highest BCUT2D eigenvalue weighted by Gasteiger charge is 2.24.